The Bertz CT molecular complexity index is 1190. The Kier molecular flexibility index (Phi) is 6.40. The van der Waals surface area contributed by atoms with Gasteiger partial charge in [0.2, 0.25) is 5.91 Å². The first-order valence-electron chi connectivity index (χ1n) is 11.0. The van der Waals surface area contributed by atoms with Crippen LogP contribution in [0.25, 0.3) is 11.4 Å². The van der Waals surface area contributed by atoms with Crippen molar-refractivity contribution >= 4 is 11.7 Å². The highest BCUT2D eigenvalue weighted by Gasteiger charge is 2.30. The summed E-state index contributed by atoms with van der Waals surface area (Å²) in [6, 6.07) is 8.68. The Balaban J connectivity index is 1.47. The Hall–Kier alpha value is -3.33. The number of nitrogens with zero attached hydrogens (tertiary/aromatic N) is 4. The van der Waals surface area contributed by atoms with Crippen molar-refractivity contribution in [1.82, 2.24) is 19.9 Å². The van der Waals surface area contributed by atoms with E-state index in [1.165, 1.54) is 12.1 Å². The summed E-state index contributed by atoms with van der Waals surface area (Å²) in [5, 5.41) is 2.93. The minimum Gasteiger partial charge on any atom is -0.310 e. The number of carbonyl (C=O) groups excluding carboxylic acids is 1. The Morgan fingerprint density at radius 1 is 1.09 bits per heavy atom. The van der Waals surface area contributed by atoms with Crippen molar-refractivity contribution < 1.29 is 18.0 Å². The smallest absolute Gasteiger partial charge is 0.310 e. The van der Waals surface area contributed by atoms with Crippen LogP contribution in [0.1, 0.15) is 43.2 Å². The summed E-state index contributed by atoms with van der Waals surface area (Å²) in [7, 11) is 0. The van der Waals surface area contributed by atoms with Gasteiger partial charge in [0.25, 0.3) is 0 Å². The van der Waals surface area contributed by atoms with Gasteiger partial charge in [-0.15, -0.1) is 0 Å². The number of alkyl halides is 3. The van der Waals surface area contributed by atoms with Gasteiger partial charge in [0.05, 0.1) is 11.3 Å². The number of amides is 1. The van der Waals surface area contributed by atoms with E-state index < -0.39 is 17.2 Å². The molecule has 0 spiro atoms. The summed E-state index contributed by atoms with van der Waals surface area (Å²) in [5.41, 5.74) is 2.12. The minimum atomic E-state index is -4.37. The summed E-state index contributed by atoms with van der Waals surface area (Å²) >= 11 is 0. The van der Waals surface area contributed by atoms with E-state index in [1.54, 1.807) is 12.4 Å². The molecular weight excluding hydrogens is 443 g/mol. The third kappa shape index (κ3) is 5.41. The molecule has 178 valence electrons. The number of fused-ring (bicyclic) bond motifs is 1. The number of halogens is 3. The third-order valence-corrected chi connectivity index (χ3v) is 5.68. The molecule has 0 saturated carbocycles. The van der Waals surface area contributed by atoms with Gasteiger partial charge in [-0.2, -0.15) is 13.2 Å². The van der Waals surface area contributed by atoms with Crippen LogP contribution in [-0.4, -0.2) is 32.3 Å². The number of pyridine rings is 1. The van der Waals surface area contributed by atoms with Crippen molar-refractivity contribution in [2.75, 3.05) is 11.9 Å². The fourth-order valence-electron chi connectivity index (χ4n) is 3.67. The first-order chi connectivity index (χ1) is 16.0. The molecule has 1 aliphatic heterocycles. The number of anilines is 1. The molecular formula is C25H26F3N5O. The van der Waals surface area contributed by atoms with E-state index in [1.807, 2.05) is 32.9 Å². The summed E-state index contributed by atoms with van der Waals surface area (Å²) in [4.78, 5) is 28.0. The predicted octanol–water partition coefficient (Wildman–Crippen LogP) is 5.10. The number of hydrogen-bond acceptors (Lipinski definition) is 5. The highest BCUT2D eigenvalue weighted by atomic mass is 19.4. The average Bonchev–Trinajstić information content (AvgIpc) is 2.79. The van der Waals surface area contributed by atoms with E-state index in [2.05, 4.69) is 25.2 Å². The van der Waals surface area contributed by atoms with Crippen molar-refractivity contribution in [1.29, 1.82) is 0 Å². The second-order valence-electron chi connectivity index (χ2n) is 9.42. The average molecular weight is 470 g/mol. The SMILES string of the molecule is CC(C)(C)C(=O)Nc1ncccc1CN1CCc2nc(-c3ccc(C(F)(F)F)cc3)ncc2C1. The molecule has 3 heterocycles. The van der Waals surface area contributed by atoms with E-state index in [0.717, 1.165) is 35.5 Å². The molecule has 4 rings (SSSR count). The van der Waals surface area contributed by atoms with Crippen molar-refractivity contribution in [3.05, 3.63) is 71.2 Å². The zero-order valence-corrected chi connectivity index (χ0v) is 19.3. The zero-order chi connectivity index (χ0) is 24.5. The van der Waals surface area contributed by atoms with Gasteiger partial charge >= 0.3 is 6.18 Å². The van der Waals surface area contributed by atoms with Crippen LogP contribution >= 0.6 is 0 Å². The van der Waals surface area contributed by atoms with Crippen LogP contribution in [0.15, 0.2) is 48.8 Å². The largest absolute Gasteiger partial charge is 0.416 e. The van der Waals surface area contributed by atoms with Gasteiger partial charge in [0, 0.05) is 60.6 Å². The van der Waals surface area contributed by atoms with Gasteiger partial charge in [0.1, 0.15) is 5.82 Å². The third-order valence-electron chi connectivity index (χ3n) is 5.68. The predicted molar refractivity (Wildman–Crippen MR) is 123 cm³/mol. The van der Waals surface area contributed by atoms with Gasteiger partial charge in [-0.05, 0) is 18.2 Å². The molecule has 0 atom stereocenters. The number of aromatic nitrogens is 3. The monoisotopic (exact) mass is 469 g/mol. The molecule has 1 amide bonds. The van der Waals surface area contributed by atoms with Crippen LogP contribution in [0.5, 0.6) is 0 Å². The molecule has 0 saturated heterocycles. The van der Waals surface area contributed by atoms with Crippen molar-refractivity contribution in [2.24, 2.45) is 5.41 Å². The molecule has 6 nitrogen and oxygen atoms in total. The molecule has 0 fully saturated rings. The second kappa shape index (κ2) is 9.13. The summed E-state index contributed by atoms with van der Waals surface area (Å²) in [6.07, 6.45) is -0.283. The fourth-order valence-corrected chi connectivity index (χ4v) is 3.67. The molecule has 1 N–H and O–H groups in total. The molecule has 0 bridgehead atoms. The maximum Gasteiger partial charge on any atom is 0.416 e. The molecule has 0 unspecified atom stereocenters. The summed E-state index contributed by atoms with van der Waals surface area (Å²) in [5.74, 6) is 0.878. The van der Waals surface area contributed by atoms with Crippen LogP contribution in [0.3, 0.4) is 0 Å². The quantitative estimate of drug-likeness (QED) is 0.576. The van der Waals surface area contributed by atoms with E-state index in [-0.39, 0.29) is 5.91 Å². The zero-order valence-electron chi connectivity index (χ0n) is 19.3. The van der Waals surface area contributed by atoms with Crippen LogP contribution in [-0.2, 0) is 30.5 Å². The molecule has 0 aliphatic carbocycles. The molecule has 3 aromatic rings. The normalized spacial score (nSPS) is 14.5. The number of benzene rings is 1. The Labute approximate surface area is 196 Å². The first kappa shape index (κ1) is 23.8. The van der Waals surface area contributed by atoms with E-state index in [9.17, 15) is 18.0 Å². The minimum absolute atomic E-state index is 0.0966. The number of carbonyl (C=O) groups is 1. The van der Waals surface area contributed by atoms with Crippen molar-refractivity contribution in [3.63, 3.8) is 0 Å². The maximum atomic E-state index is 12.8. The molecule has 9 heteroatoms. The fraction of sp³-hybridized carbons (Fsp3) is 0.360. The standard InChI is InChI=1S/C25H26F3N5O/c1-24(2,3)23(34)32-22-17(5-4-11-29-22)14-33-12-10-20-18(15-33)13-30-21(31-20)16-6-8-19(9-7-16)25(26,27)28/h4-9,11,13H,10,12,14-15H2,1-3H3,(H,29,32,34). The van der Waals surface area contributed by atoms with E-state index in [0.29, 0.717) is 36.7 Å². The lowest BCUT2D eigenvalue weighted by atomic mass is 9.95. The molecule has 0 radical (unpaired) electrons. The molecule has 1 aliphatic rings. The highest BCUT2D eigenvalue weighted by molar-refractivity contribution is 5.94. The number of nitrogens with one attached hydrogen (secondary N) is 1. The second-order valence-corrected chi connectivity index (χ2v) is 9.42. The highest BCUT2D eigenvalue weighted by Crippen LogP contribution is 2.31. The Morgan fingerprint density at radius 3 is 2.50 bits per heavy atom. The van der Waals surface area contributed by atoms with E-state index in [4.69, 9.17) is 0 Å². The van der Waals surface area contributed by atoms with Crippen LogP contribution < -0.4 is 5.32 Å². The van der Waals surface area contributed by atoms with Gasteiger partial charge in [-0.25, -0.2) is 15.0 Å². The Morgan fingerprint density at radius 2 is 1.82 bits per heavy atom. The number of hydrogen-bond donors (Lipinski definition) is 1. The lowest BCUT2D eigenvalue weighted by molar-refractivity contribution is -0.137. The van der Waals surface area contributed by atoms with Gasteiger partial charge in [-0.1, -0.05) is 39.0 Å². The van der Waals surface area contributed by atoms with Crippen LogP contribution in [0.4, 0.5) is 19.0 Å². The van der Waals surface area contributed by atoms with Gasteiger partial charge < -0.3 is 5.32 Å². The van der Waals surface area contributed by atoms with Crippen LogP contribution in [0, 0.1) is 5.41 Å². The van der Waals surface area contributed by atoms with E-state index >= 15 is 0 Å². The summed E-state index contributed by atoms with van der Waals surface area (Å²) in [6.45, 7) is 7.54. The maximum absolute atomic E-state index is 12.8. The topological polar surface area (TPSA) is 71.0 Å². The first-order valence-corrected chi connectivity index (χ1v) is 11.0. The lowest BCUT2D eigenvalue weighted by Gasteiger charge is -2.28. The van der Waals surface area contributed by atoms with Crippen molar-refractivity contribution in [3.8, 4) is 11.4 Å². The molecule has 34 heavy (non-hydrogen) atoms. The van der Waals surface area contributed by atoms with Gasteiger partial charge in [-0.3, -0.25) is 9.69 Å². The summed E-state index contributed by atoms with van der Waals surface area (Å²) < 4.78 is 38.5. The van der Waals surface area contributed by atoms with Crippen molar-refractivity contribution in [2.45, 2.75) is 46.5 Å². The molecule has 2 aromatic heterocycles. The lowest BCUT2D eigenvalue weighted by Crippen LogP contribution is -2.32. The number of rotatable bonds is 4. The molecule has 1 aromatic carbocycles. The van der Waals surface area contributed by atoms with Gasteiger partial charge in [0.15, 0.2) is 5.82 Å². The van der Waals surface area contributed by atoms with Crippen LogP contribution in [0.2, 0.25) is 0 Å².